The second-order valence-corrected chi connectivity index (χ2v) is 7.04. The van der Waals surface area contributed by atoms with Gasteiger partial charge in [0.05, 0.1) is 6.26 Å². The number of aliphatic hydroxyl groups is 1. The van der Waals surface area contributed by atoms with Gasteiger partial charge in [0, 0.05) is 25.7 Å². The normalized spacial score (nSPS) is 21.7. The molecule has 1 aliphatic rings. The van der Waals surface area contributed by atoms with Gasteiger partial charge in [0.15, 0.2) is 0 Å². The number of carbonyl (C=O) groups excluding carboxylic acids is 1. The Morgan fingerprint density at radius 2 is 2.23 bits per heavy atom. The van der Waals surface area contributed by atoms with Crippen molar-refractivity contribution < 1.29 is 19.1 Å². The van der Waals surface area contributed by atoms with Gasteiger partial charge in [-0.1, -0.05) is 0 Å². The molecule has 1 fully saturated rings. The molecular weight excluding hydrogens is 284 g/mol. The molecule has 0 spiro atoms. The highest BCUT2D eigenvalue weighted by Gasteiger charge is 2.32. The maximum atomic E-state index is 12.0. The molecule has 6 heteroatoms. The molecule has 2 heterocycles. The Morgan fingerprint density at radius 1 is 1.50 bits per heavy atom. The first-order chi connectivity index (χ1) is 10.2. The van der Waals surface area contributed by atoms with Crippen LogP contribution in [0.15, 0.2) is 22.8 Å². The zero-order chi connectivity index (χ0) is 16.4. The summed E-state index contributed by atoms with van der Waals surface area (Å²) in [5.41, 5.74) is -1.55. The van der Waals surface area contributed by atoms with E-state index < -0.39 is 11.2 Å². The number of nitrogens with zero attached hydrogens (tertiary/aromatic N) is 1. The summed E-state index contributed by atoms with van der Waals surface area (Å²) < 4.78 is 10.6. The second kappa shape index (κ2) is 6.30. The topological polar surface area (TPSA) is 74.9 Å². The molecule has 2 rings (SSSR count). The van der Waals surface area contributed by atoms with E-state index in [2.05, 4.69) is 5.32 Å². The van der Waals surface area contributed by atoms with Crippen molar-refractivity contribution in [2.75, 3.05) is 19.6 Å². The zero-order valence-corrected chi connectivity index (χ0v) is 13.8. The summed E-state index contributed by atoms with van der Waals surface area (Å²) in [5.74, 6) is 0.530. The molecule has 1 saturated heterocycles. The first kappa shape index (κ1) is 16.8. The van der Waals surface area contributed by atoms with E-state index in [1.54, 1.807) is 30.2 Å². The Hall–Kier alpha value is -1.53. The molecule has 2 N–H and O–H groups in total. The molecule has 0 aromatic carbocycles. The van der Waals surface area contributed by atoms with E-state index in [-0.39, 0.29) is 12.1 Å². The molecular formula is C16H26N2O4. The van der Waals surface area contributed by atoms with Gasteiger partial charge >= 0.3 is 6.09 Å². The maximum absolute atomic E-state index is 12.0. The number of amides is 1. The molecule has 1 aromatic heterocycles. The van der Waals surface area contributed by atoms with Crippen LogP contribution in [-0.2, 0) is 10.3 Å². The highest BCUT2D eigenvalue weighted by molar-refractivity contribution is 5.68. The van der Waals surface area contributed by atoms with Crippen LogP contribution in [0.1, 0.15) is 39.9 Å². The SMILES string of the molecule is CC(C)(C)OC(=O)N1CC[C@H](NC[C@](C)(O)c2ccco2)C1. The minimum Gasteiger partial charge on any atom is -0.466 e. The van der Waals surface area contributed by atoms with Crippen molar-refractivity contribution in [3.05, 3.63) is 24.2 Å². The monoisotopic (exact) mass is 310 g/mol. The standard InChI is InChI=1S/C16H26N2O4/c1-15(2,3)22-14(19)18-8-7-12(10-18)17-11-16(4,20)13-6-5-9-21-13/h5-6,9,12,17,20H,7-8,10-11H2,1-4H3/t12-,16-/m0/s1. The smallest absolute Gasteiger partial charge is 0.410 e. The number of ether oxygens (including phenoxy) is 1. The number of hydrogen-bond acceptors (Lipinski definition) is 5. The Morgan fingerprint density at radius 3 is 2.82 bits per heavy atom. The van der Waals surface area contributed by atoms with Crippen LogP contribution in [0.25, 0.3) is 0 Å². The van der Waals surface area contributed by atoms with Crippen LogP contribution in [0.5, 0.6) is 0 Å². The van der Waals surface area contributed by atoms with Crippen molar-refractivity contribution in [2.45, 2.75) is 51.4 Å². The number of likely N-dealkylation sites (tertiary alicyclic amines) is 1. The first-order valence-corrected chi connectivity index (χ1v) is 7.65. The van der Waals surface area contributed by atoms with Gasteiger partial charge in [-0.05, 0) is 46.2 Å². The summed E-state index contributed by atoms with van der Waals surface area (Å²) in [6, 6.07) is 3.65. The fraction of sp³-hybridized carbons (Fsp3) is 0.688. The summed E-state index contributed by atoms with van der Waals surface area (Å²) in [5, 5.41) is 13.7. The summed E-state index contributed by atoms with van der Waals surface area (Å²) in [4.78, 5) is 13.7. The van der Waals surface area contributed by atoms with Crippen molar-refractivity contribution in [3.8, 4) is 0 Å². The Balaban J connectivity index is 1.80. The van der Waals surface area contributed by atoms with Crippen LogP contribution >= 0.6 is 0 Å². The Bertz CT molecular complexity index is 491. The van der Waals surface area contributed by atoms with Crippen molar-refractivity contribution >= 4 is 6.09 Å². The van der Waals surface area contributed by atoms with Gasteiger partial charge in [-0.15, -0.1) is 0 Å². The highest BCUT2D eigenvalue weighted by atomic mass is 16.6. The second-order valence-electron chi connectivity index (χ2n) is 7.04. The molecule has 124 valence electrons. The van der Waals surface area contributed by atoms with Gasteiger partial charge in [0.1, 0.15) is 17.0 Å². The van der Waals surface area contributed by atoms with E-state index in [0.29, 0.717) is 25.4 Å². The quantitative estimate of drug-likeness (QED) is 0.890. The highest BCUT2D eigenvalue weighted by Crippen LogP contribution is 2.21. The predicted molar refractivity (Wildman–Crippen MR) is 82.5 cm³/mol. The lowest BCUT2D eigenvalue weighted by Crippen LogP contribution is -2.43. The number of carbonyl (C=O) groups is 1. The van der Waals surface area contributed by atoms with Gasteiger partial charge in [0.25, 0.3) is 0 Å². The van der Waals surface area contributed by atoms with E-state index in [9.17, 15) is 9.90 Å². The predicted octanol–water partition coefficient (Wildman–Crippen LogP) is 2.09. The Kier molecular flexibility index (Phi) is 4.82. The van der Waals surface area contributed by atoms with E-state index in [1.807, 2.05) is 20.8 Å². The van der Waals surface area contributed by atoms with Crippen LogP contribution < -0.4 is 5.32 Å². The van der Waals surface area contributed by atoms with Gasteiger partial charge < -0.3 is 24.5 Å². The molecule has 6 nitrogen and oxygen atoms in total. The molecule has 0 saturated carbocycles. The van der Waals surface area contributed by atoms with E-state index in [1.165, 1.54) is 0 Å². The molecule has 0 radical (unpaired) electrons. The van der Waals surface area contributed by atoms with Gasteiger partial charge in [-0.25, -0.2) is 4.79 Å². The van der Waals surface area contributed by atoms with Gasteiger partial charge in [-0.2, -0.15) is 0 Å². The maximum Gasteiger partial charge on any atom is 0.410 e. The summed E-state index contributed by atoms with van der Waals surface area (Å²) in [6.07, 6.45) is 2.10. The van der Waals surface area contributed by atoms with E-state index in [4.69, 9.17) is 9.15 Å². The zero-order valence-electron chi connectivity index (χ0n) is 13.8. The summed E-state index contributed by atoms with van der Waals surface area (Å²) in [6.45, 7) is 8.90. The molecule has 22 heavy (non-hydrogen) atoms. The lowest BCUT2D eigenvalue weighted by molar-refractivity contribution is 0.0268. The minimum absolute atomic E-state index is 0.147. The minimum atomic E-state index is -1.07. The number of hydrogen-bond donors (Lipinski definition) is 2. The van der Waals surface area contributed by atoms with Gasteiger partial charge in [-0.3, -0.25) is 0 Å². The number of rotatable bonds is 4. The lowest BCUT2D eigenvalue weighted by atomic mass is 10.0. The third-order valence-electron chi connectivity index (χ3n) is 3.63. The molecule has 2 atom stereocenters. The van der Waals surface area contributed by atoms with Crippen LogP contribution in [0.2, 0.25) is 0 Å². The molecule has 0 bridgehead atoms. The molecule has 1 amide bonds. The molecule has 1 aliphatic heterocycles. The summed E-state index contributed by atoms with van der Waals surface area (Å²) >= 11 is 0. The third kappa shape index (κ3) is 4.48. The Labute approximate surface area is 131 Å². The van der Waals surface area contributed by atoms with Crippen LogP contribution in [0.3, 0.4) is 0 Å². The average Bonchev–Trinajstić information content (AvgIpc) is 3.06. The fourth-order valence-corrected chi connectivity index (χ4v) is 2.43. The van der Waals surface area contributed by atoms with Crippen molar-refractivity contribution in [1.82, 2.24) is 10.2 Å². The first-order valence-electron chi connectivity index (χ1n) is 7.65. The molecule has 1 aromatic rings. The van der Waals surface area contributed by atoms with Crippen LogP contribution in [0, 0.1) is 0 Å². The van der Waals surface area contributed by atoms with E-state index >= 15 is 0 Å². The van der Waals surface area contributed by atoms with Gasteiger partial charge in [0.2, 0.25) is 0 Å². The van der Waals surface area contributed by atoms with Crippen molar-refractivity contribution in [2.24, 2.45) is 0 Å². The number of nitrogens with one attached hydrogen (secondary N) is 1. The average molecular weight is 310 g/mol. The number of furan rings is 1. The largest absolute Gasteiger partial charge is 0.466 e. The molecule has 0 unspecified atom stereocenters. The third-order valence-corrected chi connectivity index (χ3v) is 3.63. The molecule has 0 aliphatic carbocycles. The van der Waals surface area contributed by atoms with Crippen LogP contribution in [-0.4, -0.2) is 47.4 Å². The van der Waals surface area contributed by atoms with Crippen molar-refractivity contribution in [1.29, 1.82) is 0 Å². The summed E-state index contributed by atoms with van der Waals surface area (Å²) in [7, 11) is 0. The lowest BCUT2D eigenvalue weighted by Gasteiger charge is -2.25. The van der Waals surface area contributed by atoms with Crippen LogP contribution in [0.4, 0.5) is 4.79 Å². The van der Waals surface area contributed by atoms with Crippen molar-refractivity contribution in [3.63, 3.8) is 0 Å². The fourth-order valence-electron chi connectivity index (χ4n) is 2.43. The van der Waals surface area contributed by atoms with E-state index in [0.717, 1.165) is 6.42 Å².